The molecule has 25 heavy (non-hydrogen) atoms. The van der Waals surface area contributed by atoms with Gasteiger partial charge < -0.3 is 8.94 Å². The Kier molecular flexibility index (Phi) is 6.99. The molecule has 8 heteroatoms. The van der Waals surface area contributed by atoms with Gasteiger partial charge in [0, 0.05) is 39.8 Å². The van der Waals surface area contributed by atoms with E-state index in [0.29, 0.717) is 24.5 Å². The Morgan fingerprint density at radius 1 is 1.12 bits per heavy atom. The maximum atomic E-state index is 12.2. The standard InChI is InChI=1S/C17H21O5PS.Si/c1-3-19-23(24,20-4-2)22-12-9-10-14-13-7-5-6-8-15(13)17(18)21-16(14)11-12;/h9-11H,3-8H2,1-2H3;. The largest absolute Gasteiger partial charge is 0.424 e. The third-order valence-corrected chi connectivity index (χ3v) is 6.43. The predicted molar refractivity (Wildman–Crippen MR) is 103 cm³/mol. The molecule has 1 aliphatic rings. The Balaban J connectivity index is 0.00000225. The molecule has 5 nitrogen and oxygen atoms in total. The summed E-state index contributed by atoms with van der Waals surface area (Å²) in [6.07, 6.45) is 3.84. The number of rotatable bonds is 6. The lowest BCUT2D eigenvalue weighted by Crippen LogP contribution is -2.15. The van der Waals surface area contributed by atoms with Crippen LogP contribution in [0.15, 0.2) is 27.4 Å². The summed E-state index contributed by atoms with van der Waals surface area (Å²) in [5.74, 6) is 0.492. The summed E-state index contributed by atoms with van der Waals surface area (Å²) >= 11 is 5.38. The van der Waals surface area contributed by atoms with Crippen LogP contribution in [0.4, 0.5) is 0 Å². The van der Waals surface area contributed by atoms with Crippen molar-refractivity contribution >= 4 is 40.5 Å². The minimum Gasteiger partial charge on any atom is -0.424 e. The minimum atomic E-state index is -2.84. The van der Waals surface area contributed by atoms with Crippen molar-refractivity contribution < 1.29 is 18.0 Å². The molecule has 1 aliphatic carbocycles. The van der Waals surface area contributed by atoms with E-state index in [1.54, 1.807) is 6.07 Å². The Morgan fingerprint density at radius 2 is 1.76 bits per heavy atom. The van der Waals surface area contributed by atoms with Crippen LogP contribution in [0.3, 0.4) is 0 Å². The zero-order valence-corrected chi connectivity index (χ0v) is 17.1. The molecule has 1 heterocycles. The maximum absolute atomic E-state index is 12.2. The molecule has 0 saturated carbocycles. The topological polar surface area (TPSA) is 57.9 Å². The molecule has 0 bridgehead atoms. The van der Waals surface area contributed by atoms with E-state index in [4.69, 9.17) is 29.8 Å². The van der Waals surface area contributed by atoms with Crippen LogP contribution in [-0.4, -0.2) is 24.2 Å². The number of aryl methyl sites for hydroxylation is 1. The van der Waals surface area contributed by atoms with Gasteiger partial charge >= 0.3 is 12.3 Å². The summed E-state index contributed by atoms with van der Waals surface area (Å²) in [5, 5.41) is 0.970. The Bertz CT molecular complexity index is 841. The van der Waals surface area contributed by atoms with Crippen LogP contribution < -0.4 is 10.1 Å². The highest BCUT2D eigenvalue weighted by atomic mass is 32.5. The lowest BCUT2D eigenvalue weighted by molar-refractivity contribution is 0.218. The van der Waals surface area contributed by atoms with E-state index in [1.165, 1.54) is 0 Å². The van der Waals surface area contributed by atoms with Gasteiger partial charge in [-0.05, 0) is 57.2 Å². The number of hydrogen-bond acceptors (Lipinski definition) is 6. The first-order chi connectivity index (χ1) is 11.6. The normalized spacial score (nSPS) is 14.0. The van der Waals surface area contributed by atoms with Crippen LogP contribution in [0.1, 0.15) is 37.8 Å². The second-order valence-corrected chi connectivity index (χ2v) is 8.52. The molecule has 0 saturated heterocycles. The lowest BCUT2D eigenvalue weighted by atomic mass is 9.91. The molecule has 3 rings (SSSR count). The van der Waals surface area contributed by atoms with E-state index >= 15 is 0 Å². The highest BCUT2D eigenvalue weighted by Crippen LogP contribution is 2.50. The molecule has 2 aromatic rings. The van der Waals surface area contributed by atoms with Crippen molar-refractivity contribution in [1.29, 1.82) is 0 Å². The molecule has 1 aromatic carbocycles. The van der Waals surface area contributed by atoms with E-state index in [9.17, 15) is 4.79 Å². The predicted octanol–water partition coefficient (Wildman–Crippen LogP) is 3.97. The first kappa shape index (κ1) is 20.3. The summed E-state index contributed by atoms with van der Waals surface area (Å²) in [5.41, 5.74) is 2.19. The molecule has 0 atom stereocenters. The monoisotopic (exact) mass is 396 g/mol. The summed E-state index contributed by atoms with van der Waals surface area (Å²) in [6.45, 7) is 1.66. The van der Waals surface area contributed by atoms with Gasteiger partial charge in [0.15, 0.2) is 0 Å². The summed E-state index contributed by atoms with van der Waals surface area (Å²) in [7, 11) is 0. The molecular formula is C17H21O5PSSi. The second kappa shape index (κ2) is 8.60. The SMILES string of the molecule is CCOP(=S)(OCC)Oc1ccc2c3c(c(=O)oc2c1)CCCC3.[Si]. The number of hydrogen-bond donors (Lipinski definition) is 0. The Hall–Kier alpha value is -0.983. The van der Waals surface area contributed by atoms with E-state index in [0.717, 1.165) is 42.2 Å². The third-order valence-electron chi connectivity index (χ3n) is 3.99. The van der Waals surface area contributed by atoms with Gasteiger partial charge in [-0.25, -0.2) is 4.79 Å². The first-order valence-electron chi connectivity index (χ1n) is 8.23. The van der Waals surface area contributed by atoms with Crippen LogP contribution >= 0.6 is 6.72 Å². The molecular weight excluding hydrogens is 375 g/mol. The molecule has 0 spiro atoms. The average Bonchev–Trinajstić information content (AvgIpc) is 2.55. The molecule has 0 unspecified atom stereocenters. The molecule has 0 aliphatic heterocycles. The van der Waals surface area contributed by atoms with Gasteiger partial charge in [0.1, 0.15) is 11.3 Å². The Labute approximate surface area is 156 Å². The molecule has 4 radical (unpaired) electrons. The second-order valence-electron chi connectivity index (χ2n) is 5.59. The fourth-order valence-corrected chi connectivity index (χ4v) is 5.09. The van der Waals surface area contributed by atoms with Crippen molar-refractivity contribution in [2.75, 3.05) is 13.2 Å². The highest BCUT2D eigenvalue weighted by Gasteiger charge is 2.23. The van der Waals surface area contributed by atoms with Crippen LogP contribution in [0.25, 0.3) is 11.0 Å². The summed E-state index contributed by atoms with van der Waals surface area (Å²) in [4.78, 5) is 12.2. The fraction of sp³-hybridized carbons (Fsp3) is 0.471. The van der Waals surface area contributed by atoms with E-state index in [-0.39, 0.29) is 16.6 Å². The molecule has 134 valence electrons. The van der Waals surface area contributed by atoms with E-state index in [2.05, 4.69) is 0 Å². The van der Waals surface area contributed by atoms with E-state index < -0.39 is 6.72 Å². The van der Waals surface area contributed by atoms with Gasteiger partial charge in [-0.2, -0.15) is 0 Å². The van der Waals surface area contributed by atoms with Gasteiger partial charge in [-0.3, -0.25) is 9.05 Å². The van der Waals surface area contributed by atoms with Crippen LogP contribution in [0.2, 0.25) is 0 Å². The van der Waals surface area contributed by atoms with Gasteiger partial charge in [-0.15, -0.1) is 0 Å². The van der Waals surface area contributed by atoms with Crippen molar-refractivity contribution in [3.63, 3.8) is 0 Å². The number of benzene rings is 1. The van der Waals surface area contributed by atoms with Crippen LogP contribution in [0, 0.1) is 0 Å². The molecule has 0 amide bonds. The minimum absolute atomic E-state index is 0. The van der Waals surface area contributed by atoms with Gasteiger partial charge in [-0.1, -0.05) is 0 Å². The highest BCUT2D eigenvalue weighted by molar-refractivity contribution is 8.07. The molecule has 1 aromatic heterocycles. The Morgan fingerprint density at radius 3 is 2.40 bits per heavy atom. The van der Waals surface area contributed by atoms with Crippen LogP contribution in [-0.2, 0) is 33.7 Å². The van der Waals surface area contributed by atoms with Crippen molar-refractivity contribution in [2.24, 2.45) is 0 Å². The average molecular weight is 396 g/mol. The molecule has 0 fully saturated rings. The lowest BCUT2D eigenvalue weighted by Gasteiger charge is -2.21. The zero-order valence-electron chi connectivity index (χ0n) is 14.4. The van der Waals surface area contributed by atoms with Gasteiger partial charge in [0.2, 0.25) is 0 Å². The third kappa shape index (κ3) is 4.41. The van der Waals surface area contributed by atoms with Gasteiger partial charge in [0.05, 0.1) is 13.2 Å². The van der Waals surface area contributed by atoms with Crippen LogP contribution in [0.5, 0.6) is 5.75 Å². The number of fused-ring (bicyclic) bond motifs is 3. The quantitative estimate of drug-likeness (QED) is 0.418. The summed E-state index contributed by atoms with van der Waals surface area (Å²) in [6, 6.07) is 5.45. The van der Waals surface area contributed by atoms with Crippen molar-refractivity contribution in [3.05, 3.63) is 39.7 Å². The first-order valence-corrected chi connectivity index (χ1v) is 10.8. The smallest absolute Gasteiger partial charge is 0.380 e. The van der Waals surface area contributed by atoms with Crippen molar-refractivity contribution in [3.8, 4) is 5.75 Å². The van der Waals surface area contributed by atoms with E-state index in [1.807, 2.05) is 26.0 Å². The summed E-state index contributed by atoms with van der Waals surface area (Å²) < 4.78 is 22.3. The fourth-order valence-electron chi connectivity index (χ4n) is 3.02. The molecule has 0 N–H and O–H groups in total. The van der Waals surface area contributed by atoms with Crippen molar-refractivity contribution in [2.45, 2.75) is 39.5 Å². The van der Waals surface area contributed by atoms with Crippen molar-refractivity contribution in [1.82, 2.24) is 0 Å². The van der Waals surface area contributed by atoms with Gasteiger partial charge in [0.25, 0.3) is 0 Å². The maximum Gasteiger partial charge on any atom is 0.380 e. The zero-order chi connectivity index (χ0) is 17.2.